The molecule has 2 heterocycles. The van der Waals surface area contributed by atoms with Gasteiger partial charge in [0, 0.05) is 37.8 Å². The standard InChI is InChI=1S/C21H27N5O2/c1-6-15-17(7-2)24-26(4)20(15)23-21(27)25(3)13-14-10-11-18(28-5)19-16(14)9-8-12-22-19/h8-12H,6-7,13H2,1-5H3,(H,23,27). The Bertz CT molecular complexity index is 996. The molecule has 2 amide bonds. The van der Waals surface area contributed by atoms with Crippen molar-refractivity contribution >= 4 is 22.8 Å². The van der Waals surface area contributed by atoms with Crippen molar-refractivity contribution in [3.8, 4) is 5.75 Å². The maximum atomic E-state index is 12.8. The third kappa shape index (κ3) is 3.65. The van der Waals surface area contributed by atoms with E-state index in [1.807, 2.05) is 31.3 Å². The zero-order valence-corrected chi connectivity index (χ0v) is 17.1. The predicted molar refractivity (Wildman–Crippen MR) is 111 cm³/mol. The van der Waals surface area contributed by atoms with Gasteiger partial charge in [0.25, 0.3) is 0 Å². The van der Waals surface area contributed by atoms with Crippen molar-refractivity contribution in [2.45, 2.75) is 33.2 Å². The average Bonchev–Trinajstić information content (AvgIpc) is 3.02. The maximum Gasteiger partial charge on any atom is 0.323 e. The maximum absolute atomic E-state index is 12.8. The van der Waals surface area contributed by atoms with E-state index < -0.39 is 0 Å². The van der Waals surface area contributed by atoms with Crippen LogP contribution in [0.15, 0.2) is 30.5 Å². The lowest BCUT2D eigenvalue weighted by Gasteiger charge is -2.20. The molecule has 3 aromatic rings. The SMILES string of the molecule is CCc1nn(C)c(NC(=O)N(C)Cc2ccc(OC)c3ncccc23)c1CC. The van der Waals surface area contributed by atoms with Gasteiger partial charge in [-0.3, -0.25) is 15.0 Å². The molecule has 0 fully saturated rings. The molecular formula is C21H27N5O2. The highest BCUT2D eigenvalue weighted by atomic mass is 16.5. The topological polar surface area (TPSA) is 72.3 Å². The van der Waals surface area contributed by atoms with Gasteiger partial charge in [-0.25, -0.2) is 4.79 Å². The first kappa shape index (κ1) is 19.7. The van der Waals surface area contributed by atoms with Crippen LogP contribution in [0.25, 0.3) is 10.9 Å². The molecule has 0 spiro atoms. The van der Waals surface area contributed by atoms with E-state index in [0.717, 1.165) is 52.1 Å². The lowest BCUT2D eigenvalue weighted by molar-refractivity contribution is 0.220. The highest BCUT2D eigenvalue weighted by Gasteiger charge is 2.18. The number of hydrogen-bond donors (Lipinski definition) is 1. The predicted octanol–water partition coefficient (Wildman–Crippen LogP) is 3.77. The molecule has 0 saturated carbocycles. The number of hydrogen-bond acceptors (Lipinski definition) is 4. The van der Waals surface area contributed by atoms with Crippen LogP contribution in [-0.2, 0) is 26.4 Å². The molecule has 0 bridgehead atoms. The third-order valence-corrected chi connectivity index (χ3v) is 4.94. The number of carbonyl (C=O) groups is 1. The van der Waals surface area contributed by atoms with E-state index >= 15 is 0 Å². The number of aromatic nitrogens is 3. The van der Waals surface area contributed by atoms with Crippen LogP contribution >= 0.6 is 0 Å². The van der Waals surface area contributed by atoms with Gasteiger partial charge in [-0.15, -0.1) is 0 Å². The van der Waals surface area contributed by atoms with Crippen molar-refractivity contribution in [1.29, 1.82) is 0 Å². The van der Waals surface area contributed by atoms with Crippen molar-refractivity contribution < 1.29 is 9.53 Å². The number of ether oxygens (including phenoxy) is 1. The summed E-state index contributed by atoms with van der Waals surface area (Å²) in [7, 11) is 5.27. The van der Waals surface area contributed by atoms with Gasteiger partial charge < -0.3 is 9.64 Å². The van der Waals surface area contributed by atoms with Gasteiger partial charge in [0.15, 0.2) is 0 Å². The monoisotopic (exact) mass is 381 g/mol. The molecule has 0 atom stereocenters. The highest BCUT2D eigenvalue weighted by Crippen LogP contribution is 2.27. The van der Waals surface area contributed by atoms with Crippen molar-refractivity contribution in [2.24, 2.45) is 7.05 Å². The summed E-state index contributed by atoms with van der Waals surface area (Å²) in [4.78, 5) is 18.9. The Morgan fingerprint density at radius 2 is 2.04 bits per heavy atom. The summed E-state index contributed by atoms with van der Waals surface area (Å²) in [6, 6.07) is 7.58. The molecule has 7 heteroatoms. The van der Waals surface area contributed by atoms with E-state index in [1.165, 1.54) is 0 Å². The normalized spacial score (nSPS) is 10.9. The number of carbonyl (C=O) groups excluding carboxylic acids is 1. The van der Waals surface area contributed by atoms with Crippen LogP contribution < -0.4 is 10.1 Å². The minimum absolute atomic E-state index is 0.173. The molecular weight excluding hydrogens is 354 g/mol. The summed E-state index contributed by atoms with van der Waals surface area (Å²) in [5.41, 5.74) is 3.92. The number of nitrogens with one attached hydrogen (secondary N) is 1. The largest absolute Gasteiger partial charge is 0.494 e. The quantitative estimate of drug-likeness (QED) is 0.706. The van der Waals surface area contributed by atoms with Crippen LogP contribution in [0.3, 0.4) is 0 Å². The molecule has 1 aromatic carbocycles. The van der Waals surface area contributed by atoms with E-state index in [9.17, 15) is 4.79 Å². The van der Waals surface area contributed by atoms with Crippen molar-refractivity contribution in [2.75, 3.05) is 19.5 Å². The number of anilines is 1. The summed E-state index contributed by atoms with van der Waals surface area (Å²) in [6.07, 6.45) is 3.41. The molecule has 2 aromatic heterocycles. The van der Waals surface area contributed by atoms with Gasteiger partial charge in [-0.2, -0.15) is 5.10 Å². The lowest BCUT2D eigenvalue weighted by Crippen LogP contribution is -2.32. The minimum atomic E-state index is -0.173. The van der Waals surface area contributed by atoms with Gasteiger partial charge in [0.2, 0.25) is 0 Å². The fraction of sp³-hybridized carbons (Fsp3) is 0.381. The first-order valence-electron chi connectivity index (χ1n) is 9.47. The molecule has 0 aliphatic rings. The first-order chi connectivity index (χ1) is 13.5. The molecule has 7 nitrogen and oxygen atoms in total. The zero-order chi connectivity index (χ0) is 20.3. The van der Waals surface area contributed by atoms with Crippen LogP contribution in [0.4, 0.5) is 10.6 Å². The minimum Gasteiger partial charge on any atom is -0.494 e. The van der Waals surface area contributed by atoms with Crippen molar-refractivity contribution in [1.82, 2.24) is 19.7 Å². The third-order valence-electron chi connectivity index (χ3n) is 4.94. The highest BCUT2D eigenvalue weighted by molar-refractivity contribution is 5.91. The Hall–Kier alpha value is -3.09. The molecule has 0 saturated heterocycles. The number of urea groups is 1. The van der Waals surface area contributed by atoms with E-state index in [1.54, 1.807) is 29.9 Å². The number of benzene rings is 1. The number of rotatable bonds is 6. The second kappa shape index (κ2) is 8.29. The zero-order valence-electron chi connectivity index (χ0n) is 17.1. The second-order valence-electron chi connectivity index (χ2n) is 6.72. The number of fused-ring (bicyclic) bond motifs is 1. The van der Waals surface area contributed by atoms with Crippen LogP contribution in [0.2, 0.25) is 0 Å². The summed E-state index contributed by atoms with van der Waals surface area (Å²) in [5, 5.41) is 8.52. The van der Waals surface area contributed by atoms with Crippen LogP contribution in [0, 0.1) is 0 Å². The number of pyridine rings is 1. The Morgan fingerprint density at radius 1 is 1.25 bits per heavy atom. The van der Waals surface area contributed by atoms with E-state index in [-0.39, 0.29) is 6.03 Å². The van der Waals surface area contributed by atoms with Gasteiger partial charge in [-0.1, -0.05) is 26.0 Å². The van der Waals surface area contributed by atoms with Gasteiger partial charge in [0.1, 0.15) is 17.1 Å². The Balaban J connectivity index is 1.83. The number of nitrogens with zero attached hydrogens (tertiary/aromatic N) is 4. The number of amides is 2. The smallest absolute Gasteiger partial charge is 0.323 e. The lowest BCUT2D eigenvalue weighted by atomic mass is 10.1. The van der Waals surface area contributed by atoms with E-state index in [4.69, 9.17) is 4.74 Å². The van der Waals surface area contributed by atoms with Crippen LogP contribution in [-0.4, -0.2) is 39.9 Å². The molecule has 0 unspecified atom stereocenters. The summed E-state index contributed by atoms with van der Waals surface area (Å²) < 4.78 is 7.15. The molecule has 3 rings (SSSR count). The van der Waals surface area contributed by atoms with Gasteiger partial charge in [-0.05, 0) is 30.5 Å². The first-order valence-corrected chi connectivity index (χ1v) is 9.47. The van der Waals surface area contributed by atoms with E-state index in [0.29, 0.717) is 6.54 Å². The van der Waals surface area contributed by atoms with E-state index in [2.05, 4.69) is 29.2 Å². The molecule has 1 N–H and O–H groups in total. The molecule has 0 aliphatic heterocycles. The average molecular weight is 381 g/mol. The Morgan fingerprint density at radius 3 is 2.71 bits per heavy atom. The molecule has 148 valence electrons. The summed E-state index contributed by atoms with van der Waals surface area (Å²) in [6.45, 7) is 4.60. The molecule has 0 aliphatic carbocycles. The Kier molecular flexibility index (Phi) is 5.82. The van der Waals surface area contributed by atoms with Crippen LogP contribution in [0.5, 0.6) is 5.75 Å². The summed E-state index contributed by atoms with van der Waals surface area (Å²) in [5.74, 6) is 1.48. The summed E-state index contributed by atoms with van der Waals surface area (Å²) >= 11 is 0. The Labute approximate surface area is 165 Å². The fourth-order valence-corrected chi connectivity index (χ4v) is 3.47. The number of methoxy groups -OCH3 is 1. The number of aryl methyl sites for hydroxylation is 2. The van der Waals surface area contributed by atoms with Crippen LogP contribution in [0.1, 0.15) is 30.7 Å². The van der Waals surface area contributed by atoms with Crippen molar-refractivity contribution in [3.05, 3.63) is 47.3 Å². The second-order valence-corrected chi connectivity index (χ2v) is 6.72. The molecule has 0 radical (unpaired) electrons. The van der Waals surface area contributed by atoms with Gasteiger partial charge in [0.05, 0.1) is 12.8 Å². The van der Waals surface area contributed by atoms with Gasteiger partial charge >= 0.3 is 6.03 Å². The molecule has 28 heavy (non-hydrogen) atoms. The fourth-order valence-electron chi connectivity index (χ4n) is 3.47. The van der Waals surface area contributed by atoms with Crippen molar-refractivity contribution in [3.63, 3.8) is 0 Å².